The number of H-pyrrole nitrogens is 1. The Labute approximate surface area is 84.5 Å². The molecule has 0 aromatic carbocycles. The molecule has 0 amide bonds. The minimum atomic E-state index is 1.03. The van der Waals surface area contributed by atoms with Crippen LogP contribution in [0.1, 0.15) is 22.5 Å². The molecule has 0 aliphatic carbocycles. The quantitative estimate of drug-likeness (QED) is 0.631. The summed E-state index contributed by atoms with van der Waals surface area (Å²) in [5, 5.41) is 3.42. The molecule has 2 aliphatic heterocycles. The molecule has 2 N–H and O–H groups in total. The van der Waals surface area contributed by atoms with Crippen molar-refractivity contribution in [3.63, 3.8) is 0 Å². The van der Waals surface area contributed by atoms with Crippen LogP contribution in [-0.2, 0) is 25.9 Å². The van der Waals surface area contributed by atoms with Crippen molar-refractivity contribution in [3.8, 4) is 0 Å². The second-order valence-corrected chi connectivity index (χ2v) is 4.45. The number of aromatic amines is 1. The third-order valence-corrected chi connectivity index (χ3v) is 3.42. The molecule has 3 heteroatoms. The van der Waals surface area contributed by atoms with Crippen LogP contribution < -0.4 is 5.32 Å². The maximum atomic E-state index is 3.59. The normalized spacial score (nSPS) is 21.8. The highest BCUT2D eigenvalue weighted by atomic mass is 15.1. The molecule has 2 aliphatic rings. The zero-order valence-electron chi connectivity index (χ0n) is 8.69. The number of nitrogens with zero attached hydrogens (tertiary/aromatic N) is 1. The average molecular weight is 191 g/mol. The van der Waals surface area contributed by atoms with Gasteiger partial charge in [-0.25, -0.2) is 0 Å². The summed E-state index contributed by atoms with van der Waals surface area (Å²) in [5.74, 6) is 0. The Morgan fingerprint density at radius 1 is 1.14 bits per heavy atom. The molecule has 1 aromatic heterocycles. The second kappa shape index (κ2) is 3.11. The van der Waals surface area contributed by atoms with Crippen molar-refractivity contribution in [1.82, 2.24) is 15.2 Å². The summed E-state index contributed by atoms with van der Waals surface area (Å²) in [5.41, 5.74) is 6.13. The predicted molar refractivity (Wildman–Crippen MR) is 56.2 cm³/mol. The molecule has 3 heterocycles. The van der Waals surface area contributed by atoms with E-state index in [9.17, 15) is 0 Å². The molecule has 0 atom stereocenters. The minimum absolute atomic E-state index is 1.03. The Balaban J connectivity index is 2.05. The van der Waals surface area contributed by atoms with Gasteiger partial charge in [-0.2, -0.15) is 0 Å². The summed E-state index contributed by atoms with van der Waals surface area (Å²) in [6.07, 6.45) is 2.40. The van der Waals surface area contributed by atoms with Crippen LogP contribution >= 0.6 is 0 Å². The first-order valence-electron chi connectivity index (χ1n) is 5.45. The van der Waals surface area contributed by atoms with Gasteiger partial charge in [-0.05, 0) is 31.1 Å². The Morgan fingerprint density at radius 2 is 2.07 bits per heavy atom. The molecule has 76 valence electrons. The van der Waals surface area contributed by atoms with Crippen LogP contribution in [0.15, 0.2) is 0 Å². The molecule has 14 heavy (non-hydrogen) atoms. The highest BCUT2D eigenvalue weighted by Crippen LogP contribution is 2.26. The van der Waals surface area contributed by atoms with Gasteiger partial charge in [0.2, 0.25) is 0 Å². The summed E-state index contributed by atoms with van der Waals surface area (Å²) in [4.78, 5) is 6.00. The van der Waals surface area contributed by atoms with Gasteiger partial charge >= 0.3 is 0 Å². The van der Waals surface area contributed by atoms with Gasteiger partial charge in [0, 0.05) is 37.4 Å². The molecule has 3 rings (SSSR count). The summed E-state index contributed by atoms with van der Waals surface area (Å²) >= 11 is 0. The molecular formula is C11H17N3. The first-order valence-corrected chi connectivity index (χ1v) is 5.45. The van der Waals surface area contributed by atoms with Crippen LogP contribution in [0.2, 0.25) is 0 Å². The molecule has 3 nitrogen and oxygen atoms in total. The number of likely N-dealkylation sites (N-methyl/N-ethyl adjacent to an activating group) is 1. The van der Waals surface area contributed by atoms with Crippen LogP contribution in [0.25, 0.3) is 0 Å². The topological polar surface area (TPSA) is 31.1 Å². The van der Waals surface area contributed by atoms with Gasteiger partial charge in [0.15, 0.2) is 0 Å². The van der Waals surface area contributed by atoms with E-state index in [-0.39, 0.29) is 0 Å². The maximum Gasteiger partial charge on any atom is 0.0360 e. The Bertz CT molecular complexity index is 354. The monoisotopic (exact) mass is 191 g/mol. The lowest BCUT2D eigenvalue weighted by molar-refractivity contribution is 0.310. The zero-order chi connectivity index (χ0) is 9.54. The first-order chi connectivity index (χ1) is 6.84. The third kappa shape index (κ3) is 1.20. The van der Waals surface area contributed by atoms with E-state index < -0.39 is 0 Å². The molecule has 0 radical (unpaired) electrons. The fourth-order valence-electron chi connectivity index (χ4n) is 2.63. The van der Waals surface area contributed by atoms with Crippen molar-refractivity contribution >= 4 is 0 Å². The van der Waals surface area contributed by atoms with E-state index in [1.54, 1.807) is 11.1 Å². The highest BCUT2D eigenvalue weighted by molar-refractivity contribution is 5.39. The van der Waals surface area contributed by atoms with E-state index in [1.807, 2.05) is 0 Å². The zero-order valence-corrected chi connectivity index (χ0v) is 8.69. The molecule has 0 saturated heterocycles. The molecule has 1 aromatic rings. The fraction of sp³-hybridized carbons (Fsp3) is 0.636. The van der Waals surface area contributed by atoms with Gasteiger partial charge in [0.25, 0.3) is 0 Å². The van der Waals surface area contributed by atoms with Gasteiger partial charge in [-0.1, -0.05) is 0 Å². The number of hydrogen-bond acceptors (Lipinski definition) is 2. The minimum Gasteiger partial charge on any atom is -0.361 e. The molecule has 0 unspecified atom stereocenters. The van der Waals surface area contributed by atoms with Crippen molar-refractivity contribution in [3.05, 3.63) is 22.5 Å². The van der Waals surface area contributed by atoms with Crippen molar-refractivity contribution < 1.29 is 0 Å². The number of fused-ring (bicyclic) bond motifs is 3. The molecule has 0 spiro atoms. The molecule has 0 fully saturated rings. The Hall–Kier alpha value is -0.800. The molecule has 0 bridgehead atoms. The largest absolute Gasteiger partial charge is 0.361 e. The van der Waals surface area contributed by atoms with Crippen LogP contribution in [-0.4, -0.2) is 30.0 Å². The van der Waals surface area contributed by atoms with E-state index in [2.05, 4.69) is 22.2 Å². The number of nitrogens with one attached hydrogen (secondary N) is 2. The lowest BCUT2D eigenvalue weighted by Gasteiger charge is -2.23. The summed E-state index contributed by atoms with van der Waals surface area (Å²) in [6.45, 7) is 4.51. The standard InChI is InChI=1S/C11H17N3/c1-14-5-3-10-9(7-14)8-2-4-12-6-11(8)13-10/h12-13H,2-7H2,1H3. The van der Waals surface area contributed by atoms with E-state index >= 15 is 0 Å². The van der Waals surface area contributed by atoms with E-state index in [0.717, 1.165) is 19.6 Å². The van der Waals surface area contributed by atoms with Crippen molar-refractivity contribution in [1.29, 1.82) is 0 Å². The first kappa shape index (κ1) is 8.50. The van der Waals surface area contributed by atoms with E-state index in [0.29, 0.717) is 0 Å². The average Bonchev–Trinajstić information content (AvgIpc) is 2.56. The summed E-state index contributed by atoms with van der Waals surface area (Å²) in [7, 11) is 2.21. The maximum absolute atomic E-state index is 3.59. The van der Waals surface area contributed by atoms with E-state index in [1.165, 1.54) is 30.8 Å². The van der Waals surface area contributed by atoms with Gasteiger partial charge in [0.05, 0.1) is 0 Å². The van der Waals surface area contributed by atoms with Crippen molar-refractivity contribution in [2.75, 3.05) is 20.1 Å². The number of rotatable bonds is 0. The van der Waals surface area contributed by atoms with Crippen LogP contribution in [0.4, 0.5) is 0 Å². The second-order valence-electron chi connectivity index (χ2n) is 4.45. The van der Waals surface area contributed by atoms with Crippen LogP contribution in [0.3, 0.4) is 0 Å². The summed E-state index contributed by atoms with van der Waals surface area (Å²) in [6, 6.07) is 0. The Morgan fingerprint density at radius 3 is 3.00 bits per heavy atom. The van der Waals surface area contributed by atoms with Crippen molar-refractivity contribution in [2.24, 2.45) is 0 Å². The van der Waals surface area contributed by atoms with Crippen molar-refractivity contribution in [2.45, 2.75) is 25.9 Å². The van der Waals surface area contributed by atoms with Gasteiger partial charge in [-0.3, -0.25) is 0 Å². The number of aromatic nitrogens is 1. The number of hydrogen-bond donors (Lipinski definition) is 2. The fourth-order valence-corrected chi connectivity index (χ4v) is 2.63. The predicted octanol–water partition coefficient (Wildman–Crippen LogP) is 0.648. The highest BCUT2D eigenvalue weighted by Gasteiger charge is 2.23. The third-order valence-electron chi connectivity index (χ3n) is 3.42. The van der Waals surface area contributed by atoms with Gasteiger partial charge in [0.1, 0.15) is 0 Å². The SMILES string of the molecule is CN1CCc2[nH]c3c(c2C1)CCNC3. The summed E-state index contributed by atoms with van der Waals surface area (Å²) < 4.78 is 0. The van der Waals surface area contributed by atoms with Gasteiger partial charge < -0.3 is 15.2 Å². The van der Waals surface area contributed by atoms with Crippen LogP contribution in [0, 0.1) is 0 Å². The lowest BCUT2D eigenvalue weighted by Crippen LogP contribution is -2.27. The molecular weight excluding hydrogens is 174 g/mol. The smallest absolute Gasteiger partial charge is 0.0360 e. The van der Waals surface area contributed by atoms with E-state index in [4.69, 9.17) is 0 Å². The molecule has 0 saturated carbocycles. The lowest BCUT2D eigenvalue weighted by atomic mass is 9.99. The van der Waals surface area contributed by atoms with Gasteiger partial charge in [-0.15, -0.1) is 0 Å². The Kier molecular flexibility index (Phi) is 1.89. The van der Waals surface area contributed by atoms with Crippen LogP contribution in [0.5, 0.6) is 0 Å².